The highest BCUT2D eigenvalue weighted by Gasteiger charge is 2.42. The zero-order valence-corrected chi connectivity index (χ0v) is 20.7. The number of hydrogen-bond acceptors (Lipinski definition) is 9. The van der Waals surface area contributed by atoms with Crippen molar-refractivity contribution in [2.24, 2.45) is 5.92 Å². The Morgan fingerprint density at radius 3 is 3.00 bits per heavy atom. The van der Waals surface area contributed by atoms with Gasteiger partial charge in [0.2, 0.25) is 5.95 Å². The smallest absolute Gasteiger partial charge is 0.392 e. The van der Waals surface area contributed by atoms with Gasteiger partial charge in [0, 0.05) is 27.9 Å². The van der Waals surface area contributed by atoms with Crippen LogP contribution in [0.4, 0.5) is 5.95 Å². The first-order chi connectivity index (χ1) is 16.6. The van der Waals surface area contributed by atoms with Crippen LogP contribution in [0.15, 0.2) is 41.5 Å². The highest BCUT2D eigenvalue weighted by Crippen LogP contribution is 2.58. The van der Waals surface area contributed by atoms with E-state index in [-0.39, 0.29) is 36.7 Å². The molecule has 3 heterocycles. The number of halogens is 2. The summed E-state index contributed by atoms with van der Waals surface area (Å²) in [4.78, 5) is 22.8. The number of nitrogens with one attached hydrogen (secondary N) is 1. The first kappa shape index (κ1) is 24.5. The molecule has 35 heavy (non-hydrogen) atoms. The molecule has 0 spiro atoms. The molecule has 2 aromatic heterocycles. The van der Waals surface area contributed by atoms with Gasteiger partial charge < -0.3 is 15.4 Å². The normalized spacial score (nSPS) is 29.2. The second-order valence-corrected chi connectivity index (χ2v) is 10.9. The van der Waals surface area contributed by atoms with E-state index >= 15 is 0 Å². The van der Waals surface area contributed by atoms with Crippen molar-refractivity contribution in [2.45, 2.75) is 31.1 Å². The predicted molar refractivity (Wildman–Crippen MR) is 129 cm³/mol. The lowest BCUT2D eigenvalue weighted by molar-refractivity contribution is 0.0166. The number of imidazole rings is 1. The third-order valence-electron chi connectivity index (χ3n) is 6.22. The number of fused-ring (bicyclic) bond motifs is 1. The molecule has 14 heteroatoms. The van der Waals surface area contributed by atoms with E-state index < -0.39 is 37.5 Å². The van der Waals surface area contributed by atoms with Crippen LogP contribution in [-0.4, -0.2) is 43.9 Å². The van der Waals surface area contributed by atoms with Crippen molar-refractivity contribution < 1.29 is 23.2 Å². The van der Waals surface area contributed by atoms with Gasteiger partial charge in [0.05, 0.1) is 37.8 Å². The summed E-state index contributed by atoms with van der Waals surface area (Å²) in [5, 5.41) is 11.6. The fraction of sp³-hybridized carbons (Fsp3) is 0.381. The van der Waals surface area contributed by atoms with Crippen LogP contribution < -0.4 is 11.3 Å². The Morgan fingerprint density at radius 1 is 1.40 bits per heavy atom. The van der Waals surface area contributed by atoms with E-state index in [4.69, 9.17) is 42.5 Å². The number of aromatic amines is 1. The van der Waals surface area contributed by atoms with Gasteiger partial charge in [0.15, 0.2) is 11.2 Å². The number of aliphatic hydroxyl groups excluding tert-OH is 1. The lowest BCUT2D eigenvalue weighted by Crippen LogP contribution is -2.22. The number of rotatable bonds is 5. The SMILES string of the molecule is C=C1[C@H](CO[P@]2(=O)OCC[C@H](c3cc(Cl)ccc3Cl)O2)[C@@H](O)C[C@@H]1n1cnc2c(=O)[nH]c(N)nc21. The number of nitrogen functional groups attached to an aromatic ring is 1. The summed E-state index contributed by atoms with van der Waals surface area (Å²) in [6, 6.07) is 4.51. The molecule has 0 radical (unpaired) electrons. The van der Waals surface area contributed by atoms with Crippen LogP contribution in [0.5, 0.6) is 0 Å². The van der Waals surface area contributed by atoms with Gasteiger partial charge in [-0.15, -0.1) is 0 Å². The maximum Gasteiger partial charge on any atom is 0.475 e. The van der Waals surface area contributed by atoms with Crippen molar-refractivity contribution in [3.05, 3.63) is 62.6 Å². The van der Waals surface area contributed by atoms with Crippen molar-refractivity contribution in [3.63, 3.8) is 0 Å². The van der Waals surface area contributed by atoms with Gasteiger partial charge in [0.1, 0.15) is 0 Å². The topological polar surface area (TPSA) is 155 Å². The molecule has 1 saturated heterocycles. The van der Waals surface area contributed by atoms with Crippen LogP contribution in [0.3, 0.4) is 0 Å². The van der Waals surface area contributed by atoms with Crippen LogP contribution in [-0.2, 0) is 18.1 Å². The molecular formula is C21H22Cl2N5O6P. The third kappa shape index (κ3) is 4.65. The largest absolute Gasteiger partial charge is 0.475 e. The molecule has 5 atom stereocenters. The van der Waals surface area contributed by atoms with E-state index in [9.17, 15) is 14.5 Å². The summed E-state index contributed by atoms with van der Waals surface area (Å²) in [5.41, 5.74) is 6.80. The Kier molecular flexibility index (Phi) is 6.52. The van der Waals surface area contributed by atoms with Gasteiger partial charge in [-0.3, -0.25) is 23.3 Å². The summed E-state index contributed by atoms with van der Waals surface area (Å²) in [7, 11) is -3.95. The predicted octanol–water partition coefficient (Wildman–Crippen LogP) is 3.79. The second kappa shape index (κ2) is 9.33. The van der Waals surface area contributed by atoms with Crippen molar-refractivity contribution in [1.82, 2.24) is 19.5 Å². The average Bonchev–Trinajstić information content (AvgIpc) is 3.34. The summed E-state index contributed by atoms with van der Waals surface area (Å²) in [6.45, 7) is 4.08. The Balaban J connectivity index is 1.31. The Bertz CT molecular complexity index is 1410. The molecule has 1 aliphatic carbocycles. The summed E-state index contributed by atoms with van der Waals surface area (Å²) >= 11 is 12.3. The van der Waals surface area contributed by atoms with E-state index in [0.717, 1.165) is 0 Å². The maximum absolute atomic E-state index is 13.2. The minimum absolute atomic E-state index is 0.0488. The molecule has 1 aliphatic heterocycles. The first-order valence-corrected chi connectivity index (χ1v) is 13.0. The molecule has 11 nitrogen and oxygen atoms in total. The van der Waals surface area contributed by atoms with Crippen molar-refractivity contribution in [2.75, 3.05) is 18.9 Å². The van der Waals surface area contributed by atoms with Gasteiger partial charge in [0.25, 0.3) is 5.56 Å². The Hall–Kier alpha value is -2.24. The average molecular weight is 542 g/mol. The fourth-order valence-electron chi connectivity index (χ4n) is 4.44. The van der Waals surface area contributed by atoms with E-state index in [1.807, 2.05) is 0 Å². The van der Waals surface area contributed by atoms with E-state index in [1.165, 1.54) is 6.33 Å². The molecule has 3 aromatic rings. The van der Waals surface area contributed by atoms with E-state index in [2.05, 4.69) is 21.5 Å². The minimum atomic E-state index is -3.95. The second-order valence-electron chi connectivity index (χ2n) is 8.40. The Morgan fingerprint density at radius 2 is 2.20 bits per heavy atom. The lowest BCUT2D eigenvalue weighted by atomic mass is 10.0. The van der Waals surface area contributed by atoms with Gasteiger partial charge in [-0.1, -0.05) is 29.8 Å². The van der Waals surface area contributed by atoms with Gasteiger partial charge >= 0.3 is 7.82 Å². The highest BCUT2D eigenvalue weighted by molar-refractivity contribution is 7.48. The molecule has 0 unspecified atom stereocenters. The number of nitrogens with zero attached hydrogens (tertiary/aromatic N) is 3. The maximum atomic E-state index is 13.2. The quantitative estimate of drug-likeness (QED) is 0.323. The number of hydrogen-bond donors (Lipinski definition) is 3. The molecular weight excluding hydrogens is 520 g/mol. The van der Waals surface area contributed by atoms with Gasteiger partial charge in [-0.25, -0.2) is 9.55 Å². The minimum Gasteiger partial charge on any atom is -0.392 e. The van der Waals surface area contributed by atoms with Crippen molar-refractivity contribution in [1.29, 1.82) is 0 Å². The summed E-state index contributed by atoms with van der Waals surface area (Å²) in [5.74, 6) is -0.628. The van der Waals surface area contributed by atoms with E-state index in [0.29, 0.717) is 27.6 Å². The van der Waals surface area contributed by atoms with Crippen LogP contribution in [0.1, 0.15) is 30.6 Å². The summed E-state index contributed by atoms with van der Waals surface area (Å²) < 4.78 is 31.5. The number of phosphoric ester groups is 1. The van der Waals surface area contributed by atoms with Crippen LogP contribution in [0, 0.1) is 5.92 Å². The van der Waals surface area contributed by atoms with E-state index in [1.54, 1.807) is 22.8 Å². The molecule has 0 amide bonds. The lowest BCUT2D eigenvalue weighted by Gasteiger charge is -2.30. The van der Waals surface area contributed by atoms with Gasteiger partial charge in [-0.05, 0) is 30.2 Å². The molecule has 2 aliphatic rings. The zero-order chi connectivity index (χ0) is 24.9. The number of aromatic nitrogens is 4. The molecule has 0 bridgehead atoms. The molecule has 4 N–H and O–H groups in total. The number of phosphoric acid groups is 1. The van der Waals surface area contributed by atoms with Crippen LogP contribution in [0.2, 0.25) is 10.0 Å². The zero-order valence-electron chi connectivity index (χ0n) is 18.3. The van der Waals surface area contributed by atoms with Crippen molar-refractivity contribution >= 4 is 48.1 Å². The van der Waals surface area contributed by atoms with Crippen molar-refractivity contribution in [3.8, 4) is 0 Å². The first-order valence-electron chi connectivity index (χ1n) is 10.8. The third-order valence-corrected chi connectivity index (χ3v) is 8.28. The standard InChI is InChI=1S/C21H22Cl2N5O6P/c1-10-13(16(29)7-15(10)28-9-25-18-19(28)26-21(24)27-20(18)30)8-33-35(31)32-5-4-17(34-35)12-6-11(22)2-3-14(12)23/h2-3,6,9,13,15-17,29H,1,4-5,7-8H2,(H3,24,26,27,30)/t13-,15-,16-,17+,35-/m0/s1. The number of benzene rings is 1. The number of H-pyrrole nitrogens is 1. The van der Waals surface area contributed by atoms with Gasteiger partial charge in [-0.2, -0.15) is 4.98 Å². The number of nitrogens with two attached hydrogens (primary N) is 1. The number of anilines is 1. The monoisotopic (exact) mass is 541 g/mol. The molecule has 186 valence electrons. The highest BCUT2D eigenvalue weighted by atomic mass is 35.5. The molecule has 1 aromatic carbocycles. The Labute approximate surface area is 209 Å². The fourth-order valence-corrected chi connectivity index (χ4v) is 6.26. The van der Waals surface area contributed by atoms with Crippen LogP contribution >= 0.6 is 31.0 Å². The molecule has 2 fully saturated rings. The summed E-state index contributed by atoms with van der Waals surface area (Å²) in [6.07, 6.45) is 0.639. The number of aliphatic hydroxyl groups is 1. The molecule has 5 rings (SSSR count). The molecule has 1 saturated carbocycles. The van der Waals surface area contributed by atoms with Crippen LogP contribution in [0.25, 0.3) is 11.2 Å².